The number of nitrogens with zero attached hydrogens (tertiary/aromatic N) is 1. The molecule has 33 heavy (non-hydrogen) atoms. The van der Waals surface area contributed by atoms with Gasteiger partial charge in [0, 0.05) is 18.7 Å². The van der Waals surface area contributed by atoms with Gasteiger partial charge in [-0.1, -0.05) is 6.07 Å². The van der Waals surface area contributed by atoms with Crippen LogP contribution in [0, 0.1) is 4.77 Å². The van der Waals surface area contributed by atoms with Crippen molar-refractivity contribution in [2.45, 2.75) is 31.9 Å². The lowest BCUT2D eigenvalue weighted by Gasteiger charge is -2.13. The standard InChI is InChI=1S/C24H27N3O5S/c1-30-20-8-5-15(12-21(20)31-2)9-10-25-22(28)16-6-7-18-19(13-16)26-24(33)27(23(18)29)14-17-4-3-11-32-17/h5-8,12-13,17H,3-4,9-11,14H2,1-2H3,(H,25,28)(H,26,33)/t17-/m0/s1. The highest BCUT2D eigenvalue weighted by molar-refractivity contribution is 7.71. The van der Waals surface area contributed by atoms with E-state index in [1.165, 1.54) is 4.57 Å². The highest BCUT2D eigenvalue weighted by Crippen LogP contribution is 2.27. The Balaban J connectivity index is 1.45. The summed E-state index contributed by atoms with van der Waals surface area (Å²) in [6.45, 7) is 1.60. The van der Waals surface area contributed by atoms with Crippen molar-refractivity contribution in [3.05, 3.63) is 62.6 Å². The zero-order valence-electron chi connectivity index (χ0n) is 18.7. The number of fused-ring (bicyclic) bond motifs is 1. The smallest absolute Gasteiger partial charge is 0.262 e. The molecule has 1 aliphatic rings. The third-order valence-corrected chi connectivity index (χ3v) is 6.12. The number of nitrogens with one attached hydrogen (secondary N) is 2. The van der Waals surface area contributed by atoms with Crippen LogP contribution in [0.1, 0.15) is 28.8 Å². The molecule has 0 radical (unpaired) electrons. The predicted octanol–water partition coefficient (Wildman–Crippen LogP) is 3.23. The third kappa shape index (κ3) is 5.09. The van der Waals surface area contributed by atoms with E-state index in [-0.39, 0.29) is 17.6 Å². The van der Waals surface area contributed by atoms with Crippen LogP contribution < -0.4 is 20.3 Å². The fourth-order valence-corrected chi connectivity index (χ4v) is 4.28. The molecule has 0 bridgehead atoms. The van der Waals surface area contributed by atoms with Gasteiger partial charge in [-0.05, 0) is 67.4 Å². The molecule has 1 amide bonds. The summed E-state index contributed by atoms with van der Waals surface area (Å²) in [6.07, 6.45) is 2.55. The van der Waals surface area contributed by atoms with E-state index in [4.69, 9.17) is 26.4 Å². The molecule has 1 aromatic heterocycles. The molecule has 8 nitrogen and oxygen atoms in total. The topological polar surface area (TPSA) is 94.6 Å². The van der Waals surface area contributed by atoms with Crippen LogP contribution in [0.5, 0.6) is 11.5 Å². The summed E-state index contributed by atoms with van der Waals surface area (Å²) >= 11 is 5.41. The molecule has 1 fully saturated rings. The minimum atomic E-state index is -0.222. The zero-order valence-corrected chi connectivity index (χ0v) is 19.5. The highest BCUT2D eigenvalue weighted by Gasteiger charge is 2.18. The number of methoxy groups -OCH3 is 2. The SMILES string of the molecule is COc1ccc(CCNC(=O)c2ccc3c(=O)n(C[C@@H]4CCCO4)c(=S)[nH]c3c2)cc1OC. The van der Waals surface area contributed by atoms with Gasteiger partial charge in [-0.3, -0.25) is 14.2 Å². The Morgan fingerprint density at radius 1 is 1.21 bits per heavy atom. The van der Waals surface area contributed by atoms with Crippen LogP contribution in [0.4, 0.5) is 0 Å². The summed E-state index contributed by atoms with van der Waals surface area (Å²) in [5.41, 5.74) is 1.84. The highest BCUT2D eigenvalue weighted by atomic mass is 32.1. The molecule has 2 N–H and O–H groups in total. The average molecular weight is 470 g/mol. The van der Waals surface area contributed by atoms with Crippen LogP contribution in [-0.2, 0) is 17.7 Å². The quantitative estimate of drug-likeness (QED) is 0.492. The average Bonchev–Trinajstić information content (AvgIpc) is 3.34. The summed E-state index contributed by atoms with van der Waals surface area (Å²) in [5, 5.41) is 3.41. The van der Waals surface area contributed by atoms with Gasteiger partial charge in [0.05, 0.1) is 37.8 Å². The van der Waals surface area contributed by atoms with Crippen LogP contribution in [0.3, 0.4) is 0 Å². The molecule has 0 unspecified atom stereocenters. The number of aromatic nitrogens is 2. The van der Waals surface area contributed by atoms with Gasteiger partial charge in [-0.15, -0.1) is 0 Å². The number of aromatic amines is 1. The second kappa shape index (κ2) is 10.2. The van der Waals surface area contributed by atoms with Crippen LogP contribution >= 0.6 is 12.2 Å². The van der Waals surface area contributed by atoms with Crippen LogP contribution in [0.15, 0.2) is 41.2 Å². The van der Waals surface area contributed by atoms with Crippen molar-refractivity contribution < 1.29 is 19.0 Å². The molecule has 2 aromatic carbocycles. The number of carbonyl (C=O) groups is 1. The molecular formula is C24H27N3O5S. The number of benzene rings is 2. The van der Waals surface area contributed by atoms with Crippen molar-refractivity contribution in [2.75, 3.05) is 27.4 Å². The molecule has 3 aromatic rings. The fourth-order valence-electron chi connectivity index (χ4n) is 4.01. The number of H-pyrrole nitrogens is 1. The van der Waals surface area contributed by atoms with Gasteiger partial charge in [0.15, 0.2) is 16.3 Å². The Hall–Kier alpha value is -3.17. The van der Waals surface area contributed by atoms with Gasteiger partial charge in [0.25, 0.3) is 11.5 Å². The molecule has 0 spiro atoms. The molecule has 4 rings (SSSR count). The Kier molecular flexibility index (Phi) is 7.10. The minimum absolute atomic E-state index is 0.00553. The van der Waals surface area contributed by atoms with Crippen molar-refractivity contribution in [3.63, 3.8) is 0 Å². The lowest BCUT2D eigenvalue weighted by molar-refractivity contribution is 0.0953. The summed E-state index contributed by atoms with van der Waals surface area (Å²) in [7, 11) is 3.18. The Morgan fingerprint density at radius 3 is 2.76 bits per heavy atom. The Bertz CT molecular complexity index is 1280. The van der Waals surface area contributed by atoms with Crippen molar-refractivity contribution >= 4 is 29.0 Å². The van der Waals surface area contributed by atoms with E-state index >= 15 is 0 Å². The molecule has 9 heteroatoms. The van der Waals surface area contributed by atoms with Crippen LogP contribution in [0.25, 0.3) is 10.9 Å². The molecule has 2 heterocycles. The first kappa shape index (κ1) is 23.0. The first-order chi connectivity index (χ1) is 16.0. The monoisotopic (exact) mass is 469 g/mol. The molecule has 0 saturated carbocycles. The molecule has 1 aliphatic heterocycles. The largest absolute Gasteiger partial charge is 0.493 e. The minimum Gasteiger partial charge on any atom is -0.493 e. The Morgan fingerprint density at radius 2 is 2.03 bits per heavy atom. The van der Waals surface area contributed by atoms with Crippen molar-refractivity contribution in [1.29, 1.82) is 0 Å². The lowest BCUT2D eigenvalue weighted by Crippen LogP contribution is -2.28. The summed E-state index contributed by atoms with van der Waals surface area (Å²) in [6, 6.07) is 10.6. The van der Waals surface area contributed by atoms with E-state index in [2.05, 4.69) is 10.3 Å². The molecular weight excluding hydrogens is 442 g/mol. The van der Waals surface area contributed by atoms with Gasteiger partial charge >= 0.3 is 0 Å². The maximum atomic E-state index is 12.9. The zero-order chi connectivity index (χ0) is 23.4. The van der Waals surface area contributed by atoms with E-state index in [1.807, 2.05) is 18.2 Å². The van der Waals surface area contributed by atoms with Crippen molar-refractivity contribution in [3.8, 4) is 11.5 Å². The predicted molar refractivity (Wildman–Crippen MR) is 128 cm³/mol. The molecule has 174 valence electrons. The van der Waals surface area contributed by atoms with Gasteiger partial charge in [-0.25, -0.2) is 0 Å². The third-order valence-electron chi connectivity index (χ3n) is 5.80. The molecule has 1 atom stereocenters. The fraction of sp³-hybridized carbons (Fsp3) is 0.375. The second-order valence-electron chi connectivity index (χ2n) is 7.94. The Labute approximate surface area is 196 Å². The maximum absolute atomic E-state index is 12.9. The number of carbonyl (C=O) groups excluding carboxylic acids is 1. The summed E-state index contributed by atoms with van der Waals surface area (Å²) in [4.78, 5) is 28.7. The molecule has 1 saturated heterocycles. The van der Waals surface area contributed by atoms with E-state index < -0.39 is 0 Å². The van der Waals surface area contributed by atoms with Gasteiger partial charge in [-0.2, -0.15) is 0 Å². The first-order valence-electron chi connectivity index (χ1n) is 10.9. The van der Waals surface area contributed by atoms with Gasteiger partial charge < -0.3 is 24.5 Å². The number of amides is 1. The number of hydrogen-bond donors (Lipinski definition) is 2. The summed E-state index contributed by atoms with van der Waals surface area (Å²) < 4.78 is 18.1. The maximum Gasteiger partial charge on any atom is 0.262 e. The number of ether oxygens (including phenoxy) is 3. The first-order valence-corrected chi connectivity index (χ1v) is 11.3. The van der Waals surface area contributed by atoms with Crippen molar-refractivity contribution in [1.82, 2.24) is 14.9 Å². The van der Waals surface area contributed by atoms with Gasteiger partial charge in [0.1, 0.15) is 0 Å². The van der Waals surface area contributed by atoms with Crippen molar-refractivity contribution in [2.24, 2.45) is 0 Å². The van der Waals surface area contributed by atoms with E-state index in [9.17, 15) is 9.59 Å². The van der Waals surface area contributed by atoms with E-state index in [0.717, 1.165) is 18.4 Å². The second-order valence-corrected chi connectivity index (χ2v) is 8.32. The van der Waals surface area contributed by atoms with E-state index in [0.29, 0.717) is 58.9 Å². The summed E-state index contributed by atoms with van der Waals surface area (Å²) in [5.74, 6) is 1.09. The van der Waals surface area contributed by atoms with Gasteiger partial charge in [0.2, 0.25) is 0 Å². The number of rotatable bonds is 8. The normalized spacial score (nSPS) is 15.5. The van der Waals surface area contributed by atoms with E-state index in [1.54, 1.807) is 32.4 Å². The lowest BCUT2D eigenvalue weighted by atomic mass is 10.1. The van der Waals surface area contributed by atoms with Crippen LogP contribution in [0.2, 0.25) is 0 Å². The molecule has 0 aliphatic carbocycles. The van der Waals surface area contributed by atoms with Crippen LogP contribution in [-0.4, -0.2) is 48.9 Å². The number of hydrogen-bond acceptors (Lipinski definition) is 6.